The Labute approximate surface area is 127 Å². The van der Waals surface area contributed by atoms with Crippen molar-refractivity contribution < 1.29 is 4.74 Å². The predicted molar refractivity (Wildman–Crippen MR) is 85.3 cm³/mol. The van der Waals surface area contributed by atoms with Crippen LogP contribution >= 0.6 is 0 Å². The van der Waals surface area contributed by atoms with E-state index in [2.05, 4.69) is 32.6 Å². The first-order valence-electron chi connectivity index (χ1n) is 7.80. The molecule has 0 aliphatic heterocycles. The Kier molecular flexibility index (Phi) is 9.19. The molecule has 4 N–H and O–H groups in total. The van der Waals surface area contributed by atoms with Gasteiger partial charge in [0.25, 0.3) is 0 Å². The number of aromatic nitrogens is 3. The molecule has 1 rings (SSSR count). The third-order valence-corrected chi connectivity index (χ3v) is 3.24. The highest BCUT2D eigenvalue weighted by molar-refractivity contribution is 5.34. The summed E-state index contributed by atoms with van der Waals surface area (Å²) in [5, 5.41) is 3.17. The number of rotatable bonds is 12. The molecule has 0 spiro atoms. The van der Waals surface area contributed by atoms with E-state index in [4.69, 9.17) is 10.6 Å². The van der Waals surface area contributed by atoms with Crippen LogP contribution in [0, 0.1) is 0 Å². The lowest BCUT2D eigenvalue weighted by Gasteiger charge is -2.07. The first-order chi connectivity index (χ1) is 10.3. The van der Waals surface area contributed by atoms with E-state index in [-0.39, 0.29) is 6.01 Å². The second kappa shape index (κ2) is 11.1. The van der Waals surface area contributed by atoms with Crippen LogP contribution < -0.4 is 21.3 Å². The number of nitrogen functional groups attached to an aromatic ring is 1. The second-order valence-corrected chi connectivity index (χ2v) is 5.02. The van der Waals surface area contributed by atoms with Crippen LogP contribution in [0.4, 0.5) is 11.9 Å². The Morgan fingerprint density at radius 2 is 1.52 bits per heavy atom. The molecule has 0 amide bonds. The molecule has 0 bridgehead atoms. The number of nitrogens with two attached hydrogens (primary N) is 1. The number of hydrogen-bond acceptors (Lipinski definition) is 7. The summed E-state index contributed by atoms with van der Waals surface area (Å²) in [7, 11) is 1.51. The smallest absolute Gasteiger partial charge is 0.322 e. The van der Waals surface area contributed by atoms with Crippen LogP contribution in [0.15, 0.2) is 0 Å². The van der Waals surface area contributed by atoms with Gasteiger partial charge in [-0.1, -0.05) is 51.9 Å². The summed E-state index contributed by atoms with van der Waals surface area (Å²) in [5.74, 6) is 6.08. The zero-order chi connectivity index (χ0) is 15.3. The molecule has 1 aromatic rings. The van der Waals surface area contributed by atoms with Gasteiger partial charge in [0.05, 0.1) is 7.11 Å². The Morgan fingerprint density at radius 3 is 2.14 bits per heavy atom. The third kappa shape index (κ3) is 7.65. The highest BCUT2D eigenvalue weighted by Crippen LogP contribution is 2.11. The van der Waals surface area contributed by atoms with E-state index < -0.39 is 0 Å². The number of nitrogens with one attached hydrogen (secondary N) is 2. The second-order valence-electron chi connectivity index (χ2n) is 5.02. The quantitative estimate of drug-likeness (QED) is 0.310. The molecule has 0 aliphatic carbocycles. The van der Waals surface area contributed by atoms with Crippen LogP contribution in [0.1, 0.15) is 58.3 Å². The van der Waals surface area contributed by atoms with E-state index in [9.17, 15) is 0 Å². The summed E-state index contributed by atoms with van der Waals surface area (Å²) in [6, 6.07) is 0.247. The first-order valence-corrected chi connectivity index (χ1v) is 7.80. The minimum Gasteiger partial charge on any atom is -0.467 e. The Morgan fingerprint density at radius 1 is 0.905 bits per heavy atom. The summed E-state index contributed by atoms with van der Waals surface area (Å²) in [5.41, 5.74) is 2.39. The van der Waals surface area contributed by atoms with E-state index in [1.165, 1.54) is 52.1 Å². The van der Waals surface area contributed by atoms with Gasteiger partial charge in [-0.05, 0) is 6.42 Å². The average molecular weight is 296 g/mol. The van der Waals surface area contributed by atoms with Crippen LogP contribution in [-0.2, 0) is 0 Å². The van der Waals surface area contributed by atoms with Crippen LogP contribution in [-0.4, -0.2) is 28.6 Å². The number of unbranched alkanes of at least 4 members (excludes halogenated alkanes) is 7. The molecule has 0 unspecified atom stereocenters. The average Bonchev–Trinajstić information content (AvgIpc) is 2.52. The van der Waals surface area contributed by atoms with Crippen molar-refractivity contribution in [2.75, 3.05) is 24.4 Å². The van der Waals surface area contributed by atoms with Gasteiger partial charge in [0.2, 0.25) is 11.9 Å². The molecule has 0 saturated carbocycles. The van der Waals surface area contributed by atoms with Gasteiger partial charge in [-0.25, -0.2) is 5.84 Å². The highest BCUT2D eigenvalue weighted by Gasteiger charge is 2.04. The molecule has 0 radical (unpaired) electrons. The Balaban J connectivity index is 2.15. The lowest BCUT2D eigenvalue weighted by molar-refractivity contribution is 0.379. The first kappa shape index (κ1) is 17.4. The van der Waals surface area contributed by atoms with E-state index in [0.29, 0.717) is 11.9 Å². The third-order valence-electron chi connectivity index (χ3n) is 3.24. The molecule has 1 aromatic heterocycles. The number of nitrogens with zero attached hydrogens (tertiary/aromatic N) is 3. The van der Waals surface area contributed by atoms with Crippen molar-refractivity contribution in [2.24, 2.45) is 5.84 Å². The van der Waals surface area contributed by atoms with E-state index in [0.717, 1.165) is 13.0 Å². The van der Waals surface area contributed by atoms with Gasteiger partial charge in [0, 0.05) is 6.54 Å². The zero-order valence-electron chi connectivity index (χ0n) is 13.2. The summed E-state index contributed by atoms with van der Waals surface area (Å²) >= 11 is 0. The Bertz CT molecular complexity index is 365. The van der Waals surface area contributed by atoms with Gasteiger partial charge in [-0.15, -0.1) is 0 Å². The summed E-state index contributed by atoms with van der Waals surface area (Å²) < 4.78 is 4.99. The maximum Gasteiger partial charge on any atom is 0.322 e. The van der Waals surface area contributed by atoms with E-state index in [1.54, 1.807) is 0 Å². The zero-order valence-corrected chi connectivity index (χ0v) is 13.2. The van der Waals surface area contributed by atoms with Gasteiger partial charge < -0.3 is 10.1 Å². The van der Waals surface area contributed by atoms with Gasteiger partial charge >= 0.3 is 6.01 Å². The molecule has 1 heterocycles. The van der Waals surface area contributed by atoms with Crippen molar-refractivity contribution in [3.05, 3.63) is 0 Å². The molecular weight excluding hydrogens is 268 g/mol. The summed E-state index contributed by atoms with van der Waals surface area (Å²) in [6.07, 6.45) is 10.4. The molecule has 0 fully saturated rings. The highest BCUT2D eigenvalue weighted by atomic mass is 16.5. The van der Waals surface area contributed by atoms with Crippen molar-refractivity contribution in [3.8, 4) is 6.01 Å². The molecule has 7 nitrogen and oxygen atoms in total. The van der Waals surface area contributed by atoms with Gasteiger partial charge in [-0.3, -0.25) is 5.43 Å². The number of anilines is 2. The largest absolute Gasteiger partial charge is 0.467 e. The van der Waals surface area contributed by atoms with Crippen LogP contribution in [0.25, 0.3) is 0 Å². The van der Waals surface area contributed by atoms with Crippen LogP contribution in [0.5, 0.6) is 6.01 Å². The van der Waals surface area contributed by atoms with Crippen molar-refractivity contribution in [1.29, 1.82) is 0 Å². The molecule has 0 aliphatic rings. The molecule has 0 aromatic carbocycles. The van der Waals surface area contributed by atoms with Crippen LogP contribution in [0.3, 0.4) is 0 Å². The maximum absolute atomic E-state index is 5.30. The molecular formula is C14H28N6O. The number of ether oxygens (including phenoxy) is 1. The fourth-order valence-corrected chi connectivity index (χ4v) is 2.05. The SMILES string of the molecule is CCCCCCCCCCNc1nc(NN)nc(OC)n1. The maximum atomic E-state index is 5.30. The van der Waals surface area contributed by atoms with Crippen molar-refractivity contribution in [2.45, 2.75) is 58.3 Å². The minimum atomic E-state index is 0.247. The van der Waals surface area contributed by atoms with E-state index in [1.807, 2.05) is 0 Å². The van der Waals surface area contributed by atoms with Crippen molar-refractivity contribution in [3.63, 3.8) is 0 Å². The Hall–Kier alpha value is -1.63. The monoisotopic (exact) mass is 296 g/mol. The van der Waals surface area contributed by atoms with Crippen molar-refractivity contribution in [1.82, 2.24) is 15.0 Å². The fourth-order valence-electron chi connectivity index (χ4n) is 2.05. The lowest BCUT2D eigenvalue weighted by atomic mass is 10.1. The van der Waals surface area contributed by atoms with E-state index >= 15 is 0 Å². The topological polar surface area (TPSA) is 98.0 Å². The fraction of sp³-hybridized carbons (Fsp3) is 0.786. The van der Waals surface area contributed by atoms with Crippen molar-refractivity contribution >= 4 is 11.9 Å². The number of hydrazine groups is 1. The lowest BCUT2D eigenvalue weighted by Crippen LogP contribution is -2.14. The van der Waals surface area contributed by atoms with Gasteiger partial charge in [-0.2, -0.15) is 15.0 Å². The molecule has 0 atom stereocenters. The molecule has 0 saturated heterocycles. The van der Waals surface area contributed by atoms with Crippen LogP contribution in [0.2, 0.25) is 0 Å². The molecule has 7 heteroatoms. The summed E-state index contributed by atoms with van der Waals surface area (Å²) in [6.45, 7) is 3.08. The molecule has 120 valence electrons. The molecule has 21 heavy (non-hydrogen) atoms. The number of methoxy groups -OCH3 is 1. The predicted octanol–water partition coefficient (Wildman–Crippen LogP) is 2.72. The van der Waals surface area contributed by atoms with Gasteiger partial charge in [0.1, 0.15) is 0 Å². The standard InChI is InChI=1S/C14H28N6O/c1-3-4-5-6-7-8-9-10-11-16-12-17-13(20-15)19-14(18-12)21-2/h3-11,15H2,1-2H3,(H2,16,17,18,19,20). The van der Waals surface area contributed by atoms with Gasteiger partial charge in [0.15, 0.2) is 0 Å². The normalized spacial score (nSPS) is 10.4. The number of hydrogen-bond donors (Lipinski definition) is 3. The minimum absolute atomic E-state index is 0.247. The summed E-state index contributed by atoms with van der Waals surface area (Å²) in [4.78, 5) is 12.2.